The van der Waals surface area contributed by atoms with E-state index in [0.29, 0.717) is 25.1 Å². The quantitative estimate of drug-likeness (QED) is 0.558. The highest BCUT2D eigenvalue weighted by molar-refractivity contribution is 5.80. The number of carbonyl (C=O) groups is 1. The van der Waals surface area contributed by atoms with Crippen molar-refractivity contribution in [3.8, 4) is 0 Å². The number of rotatable bonds is 4. The molecule has 2 atom stereocenters. The molecule has 1 unspecified atom stereocenters. The average Bonchev–Trinajstić information content (AvgIpc) is 2.72. The Kier molecular flexibility index (Phi) is 5.01. The van der Waals surface area contributed by atoms with Crippen molar-refractivity contribution in [2.24, 2.45) is 0 Å². The fraction of sp³-hybridized carbons (Fsp3) is 0.304. The molecule has 2 heterocycles. The van der Waals surface area contributed by atoms with Gasteiger partial charge in [-0.1, -0.05) is 43.3 Å². The summed E-state index contributed by atoms with van der Waals surface area (Å²) in [5, 5.41) is 0.923. The summed E-state index contributed by atoms with van der Waals surface area (Å²) in [5.41, 5.74) is 4.69. The zero-order chi connectivity index (χ0) is 19.7. The number of methoxy groups -OCH3 is 1. The molecule has 0 saturated carbocycles. The van der Waals surface area contributed by atoms with Gasteiger partial charge in [-0.2, -0.15) is 0 Å². The summed E-state index contributed by atoms with van der Waals surface area (Å²) in [7, 11) is 1.43. The molecular weight excluding hydrogens is 354 g/mol. The van der Waals surface area contributed by atoms with E-state index in [1.807, 2.05) is 24.3 Å². The summed E-state index contributed by atoms with van der Waals surface area (Å²) in [6.45, 7) is 3.34. The SMILES string of the molecule is CCc1ccc2c(C[NH+]3Cc4ccccc4C[C@H]3C(=O)OC)cc(=O)oc2c1. The molecule has 1 N–H and O–H groups in total. The van der Waals surface area contributed by atoms with Gasteiger partial charge in [0, 0.05) is 29.0 Å². The summed E-state index contributed by atoms with van der Waals surface area (Å²) >= 11 is 0. The van der Waals surface area contributed by atoms with E-state index in [9.17, 15) is 9.59 Å². The highest BCUT2D eigenvalue weighted by Crippen LogP contribution is 2.20. The highest BCUT2D eigenvalue weighted by Gasteiger charge is 2.36. The molecule has 4 rings (SSSR count). The Balaban J connectivity index is 1.74. The Morgan fingerprint density at radius 1 is 1.18 bits per heavy atom. The summed E-state index contributed by atoms with van der Waals surface area (Å²) in [4.78, 5) is 25.7. The van der Waals surface area contributed by atoms with E-state index < -0.39 is 0 Å². The summed E-state index contributed by atoms with van der Waals surface area (Å²) in [6.07, 6.45) is 1.51. The summed E-state index contributed by atoms with van der Waals surface area (Å²) in [5.74, 6) is -0.218. The minimum absolute atomic E-state index is 0.218. The lowest BCUT2D eigenvalue weighted by Gasteiger charge is -2.32. The molecule has 5 nitrogen and oxygen atoms in total. The summed E-state index contributed by atoms with van der Waals surface area (Å²) < 4.78 is 10.5. The maximum Gasteiger partial charge on any atom is 0.365 e. The normalized spacial score (nSPS) is 18.6. The van der Waals surface area contributed by atoms with Gasteiger partial charge in [-0.3, -0.25) is 0 Å². The third-order valence-electron chi connectivity index (χ3n) is 5.66. The van der Waals surface area contributed by atoms with Crippen LogP contribution in [0.4, 0.5) is 0 Å². The van der Waals surface area contributed by atoms with Crippen LogP contribution in [0.2, 0.25) is 0 Å². The smallest absolute Gasteiger partial charge is 0.365 e. The zero-order valence-electron chi connectivity index (χ0n) is 16.2. The van der Waals surface area contributed by atoms with E-state index in [2.05, 4.69) is 25.1 Å². The van der Waals surface area contributed by atoms with E-state index in [1.165, 1.54) is 18.2 Å². The summed E-state index contributed by atoms with van der Waals surface area (Å²) in [6, 6.07) is 15.5. The van der Waals surface area contributed by atoms with Gasteiger partial charge in [-0.15, -0.1) is 0 Å². The van der Waals surface area contributed by atoms with Crippen LogP contribution in [-0.4, -0.2) is 19.1 Å². The first-order valence-corrected chi connectivity index (χ1v) is 9.64. The maximum atomic E-state index is 12.5. The van der Waals surface area contributed by atoms with E-state index in [0.717, 1.165) is 27.8 Å². The second kappa shape index (κ2) is 7.60. The maximum absolute atomic E-state index is 12.5. The third-order valence-corrected chi connectivity index (χ3v) is 5.66. The number of quaternary nitrogens is 1. The number of nitrogens with one attached hydrogen (secondary N) is 1. The molecule has 0 amide bonds. The lowest BCUT2D eigenvalue weighted by Crippen LogP contribution is -3.15. The van der Waals surface area contributed by atoms with Gasteiger partial charge in [0.2, 0.25) is 0 Å². The van der Waals surface area contributed by atoms with Crippen molar-refractivity contribution in [2.75, 3.05) is 7.11 Å². The standard InChI is InChI=1S/C23H23NO4/c1-3-15-8-9-19-18(12-22(25)28-21(19)10-15)14-24-13-17-7-5-4-6-16(17)11-20(24)23(26)27-2/h4-10,12,20H,3,11,13-14H2,1-2H3/p+1/t20-/m0/s1. The van der Waals surface area contributed by atoms with Crippen molar-refractivity contribution < 1.29 is 18.8 Å². The van der Waals surface area contributed by atoms with E-state index in [1.54, 1.807) is 6.07 Å². The van der Waals surface area contributed by atoms with Crippen LogP contribution in [0.5, 0.6) is 0 Å². The van der Waals surface area contributed by atoms with Crippen molar-refractivity contribution >= 4 is 16.9 Å². The van der Waals surface area contributed by atoms with Gasteiger partial charge in [-0.05, 0) is 23.6 Å². The Morgan fingerprint density at radius 3 is 2.71 bits per heavy atom. The van der Waals surface area contributed by atoms with Crippen LogP contribution in [0.1, 0.15) is 29.2 Å². The van der Waals surface area contributed by atoms with Crippen molar-refractivity contribution in [3.63, 3.8) is 0 Å². The topological polar surface area (TPSA) is 61.0 Å². The van der Waals surface area contributed by atoms with Gasteiger partial charge in [0.15, 0.2) is 6.04 Å². The van der Waals surface area contributed by atoms with Crippen LogP contribution >= 0.6 is 0 Å². The third kappa shape index (κ3) is 3.45. The van der Waals surface area contributed by atoms with E-state index in [-0.39, 0.29) is 17.6 Å². The van der Waals surface area contributed by atoms with Crippen molar-refractivity contribution in [1.29, 1.82) is 0 Å². The number of ether oxygens (including phenoxy) is 1. The molecule has 28 heavy (non-hydrogen) atoms. The lowest BCUT2D eigenvalue weighted by atomic mass is 9.93. The first kappa shape index (κ1) is 18.4. The molecule has 2 aromatic carbocycles. The molecular formula is C23H24NO4+. The number of carbonyl (C=O) groups excluding carboxylic acids is 1. The monoisotopic (exact) mass is 378 g/mol. The molecule has 1 aliphatic rings. The van der Waals surface area contributed by atoms with Gasteiger partial charge in [0.1, 0.15) is 18.7 Å². The van der Waals surface area contributed by atoms with E-state index in [4.69, 9.17) is 9.15 Å². The van der Waals surface area contributed by atoms with Gasteiger partial charge >= 0.3 is 11.6 Å². The predicted octanol–water partition coefficient (Wildman–Crippen LogP) is 2.04. The van der Waals surface area contributed by atoms with Crippen LogP contribution in [0, 0.1) is 0 Å². The second-order valence-corrected chi connectivity index (χ2v) is 7.34. The first-order chi connectivity index (χ1) is 13.6. The number of hydrogen-bond acceptors (Lipinski definition) is 4. The van der Waals surface area contributed by atoms with Crippen LogP contribution < -0.4 is 10.5 Å². The molecule has 3 aromatic rings. The molecule has 0 fully saturated rings. The number of benzene rings is 2. The molecule has 0 bridgehead atoms. The van der Waals surface area contributed by atoms with Crippen molar-refractivity contribution in [1.82, 2.24) is 0 Å². The van der Waals surface area contributed by atoms with Gasteiger partial charge in [0.05, 0.1) is 7.11 Å². The molecule has 144 valence electrons. The van der Waals surface area contributed by atoms with Gasteiger partial charge in [0.25, 0.3) is 0 Å². The molecule has 5 heteroatoms. The Hall–Kier alpha value is -2.92. The second-order valence-electron chi connectivity index (χ2n) is 7.34. The Bertz CT molecular complexity index is 1090. The Morgan fingerprint density at radius 2 is 1.96 bits per heavy atom. The largest absolute Gasteiger partial charge is 0.465 e. The molecule has 0 aliphatic carbocycles. The number of esters is 1. The van der Waals surface area contributed by atoms with Crippen LogP contribution in [-0.2, 0) is 35.5 Å². The minimum atomic E-state index is -0.359. The fourth-order valence-electron chi connectivity index (χ4n) is 4.12. The molecule has 1 aliphatic heterocycles. The molecule has 0 spiro atoms. The predicted molar refractivity (Wildman–Crippen MR) is 106 cm³/mol. The van der Waals surface area contributed by atoms with Crippen LogP contribution in [0.15, 0.2) is 57.7 Å². The average molecular weight is 378 g/mol. The first-order valence-electron chi connectivity index (χ1n) is 9.64. The Labute approximate surface area is 163 Å². The van der Waals surface area contributed by atoms with Gasteiger partial charge in [-0.25, -0.2) is 9.59 Å². The van der Waals surface area contributed by atoms with Crippen LogP contribution in [0.3, 0.4) is 0 Å². The van der Waals surface area contributed by atoms with Crippen molar-refractivity contribution in [2.45, 2.75) is 38.9 Å². The fourth-order valence-corrected chi connectivity index (χ4v) is 4.12. The highest BCUT2D eigenvalue weighted by atomic mass is 16.5. The van der Waals surface area contributed by atoms with Gasteiger partial charge < -0.3 is 14.1 Å². The molecule has 1 aromatic heterocycles. The number of fused-ring (bicyclic) bond motifs is 2. The zero-order valence-corrected chi connectivity index (χ0v) is 16.2. The lowest BCUT2D eigenvalue weighted by molar-refractivity contribution is -0.945. The van der Waals surface area contributed by atoms with E-state index >= 15 is 0 Å². The molecule has 0 saturated heterocycles. The van der Waals surface area contributed by atoms with Crippen LogP contribution in [0.25, 0.3) is 11.0 Å². The number of hydrogen-bond donors (Lipinski definition) is 1. The van der Waals surface area contributed by atoms with Crippen molar-refractivity contribution in [3.05, 3.63) is 81.2 Å². The minimum Gasteiger partial charge on any atom is -0.465 e. The number of aryl methyl sites for hydroxylation is 1. The molecule has 0 radical (unpaired) electrons.